The SMILES string of the molecule is NC(=O)COCC(=O)NCC(O)CCc1nnc(-c2cccc(Cl)c2Cl)c(N)n1.NC(=O)COCC(=O)O.NCC(O)CCc1nnc(-c2cccc(Cl)c2Cl)c(N)n1.[3H][B]O. The number of nitrogen functional groups attached to an aromatic ring is 2. The Kier molecular flexibility index (Phi) is 24.9. The molecule has 2 aromatic heterocycles. The molecule has 2 atom stereocenters. The van der Waals surface area contributed by atoms with E-state index in [0.29, 0.717) is 67.1 Å². The molecule has 0 spiro atoms. The van der Waals surface area contributed by atoms with E-state index in [-0.39, 0.29) is 65.4 Å². The summed E-state index contributed by atoms with van der Waals surface area (Å²) < 4.78 is 14.7. The zero-order valence-corrected chi connectivity index (χ0v) is 35.1. The van der Waals surface area contributed by atoms with Crippen molar-refractivity contribution in [3.63, 3.8) is 0 Å². The highest BCUT2D eigenvalue weighted by molar-refractivity contribution is 6.44. The number of rotatable bonds is 19. The van der Waals surface area contributed by atoms with Gasteiger partial charge in [-0.05, 0) is 25.0 Å². The number of carboxylic acids is 1. The van der Waals surface area contributed by atoms with E-state index in [1.165, 1.54) is 0 Å². The molecule has 15 N–H and O–H groups in total. The van der Waals surface area contributed by atoms with Crippen molar-refractivity contribution < 1.29 is 49.0 Å². The number of ether oxygens (including phenoxy) is 2. The van der Waals surface area contributed by atoms with Gasteiger partial charge in [0.2, 0.25) is 17.7 Å². The summed E-state index contributed by atoms with van der Waals surface area (Å²) in [6.45, 7) is -1.31. The molecule has 0 aliphatic carbocycles. The van der Waals surface area contributed by atoms with Crippen LogP contribution in [0.5, 0.6) is 0 Å². The van der Waals surface area contributed by atoms with Crippen molar-refractivity contribution in [1.82, 2.24) is 35.7 Å². The Morgan fingerprint density at radius 2 is 1.16 bits per heavy atom. The third-order valence-electron chi connectivity index (χ3n) is 7.09. The summed E-state index contributed by atoms with van der Waals surface area (Å²) in [6, 6.07) is 10.2. The lowest BCUT2D eigenvalue weighted by molar-refractivity contribution is -0.143. The fraction of sp³-hybridized carbons (Fsp3) is 0.353. The van der Waals surface area contributed by atoms with Crippen molar-refractivity contribution in [3.05, 3.63) is 68.1 Å². The lowest BCUT2D eigenvalue weighted by Crippen LogP contribution is -2.35. The molecule has 2 aromatic carbocycles. The second-order valence-corrected chi connectivity index (χ2v) is 13.4. The molecule has 61 heavy (non-hydrogen) atoms. The van der Waals surface area contributed by atoms with Gasteiger partial charge in [0.05, 0.1) is 32.3 Å². The first kappa shape index (κ1) is 52.1. The summed E-state index contributed by atoms with van der Waals surface area (Å²) in [7, 11) is 0.250. The number of carbonyl (C=O) groups is 4. The van der Waals surface area contributed by atoms with Gasteiger partial charge in [-0.2, -0.15) is 0 Å². The number of amides is 3. The predicted octanol–water partition coefficient (Wildman–Crippen LogP) is -0.614. The molecule has 0 aliphatic heterocycles. The fourth-order valence-electron chi connectivity index (χ4n) is 4.29. The minimum atomic E-state index is -1.11. The van der Waals surface area contributed by atoms with Crippen molar-refractivity contribution in [1.29, 1.82) is 1.34 Å². The number of nitrogens with one attached hydrogen (secondary N) is 1. The Bertz CT molecular complexity index is 2060. The number of hydrogen-bond donors (Lipinski definition) is 10. The number of anilines is 2. The quantitative estimate of drug-likeness (QED) is 0.0524. The Balaban J connectivity index is 0.000000505. The van der Waals surface area contributed by atoms with E-state index in [4.69, 9.17) is 85.5 Å². The number of aromatic nitrogens is 6. The Morgan fingerprint density at radius 3 is 1.56 bits per heavy atom. The smallest absolute Gasteiger partial charge is 0.329 e. The summed E-state index contributed by atoms with van der Waals surface area (Å²) in [4.78, 5) is 50.0. The van der Waals surface area contributed by atoms with Crippen molar-refractivity contribution in [3.8, 4) is 22.5 Å². The molecule has 22 nitrogen and oxygen atoms in total. The number of nitrogens with two attached hydrogens (primary N) is 5. The number of primary amides is 2. The fourth-order valence-corrected chi connectivity index (χ4v) is 5.07. The molecule has 0 fully saturated rings. The van der Waals surface area contributed by atoms with E-state index in [0.717, 1.165) is 0 Å². The van der Waals surface area contributed by atoms with E-state index in [1.807, 2.05) is 0 Å². The van der Waals surface area contributed by atoms with Crippen LogP contribution in [-0.4, -0.2) is 135 Å². The van der Waals surface area contributed by atoms with Crippen LogP contribution in [0.1, 0.15) is 24.5 Å². The summed E-state index contributed by atoms with van der Waals surface area (Å²) in [5.41, 5.74) is 28.5. The maximum Gasteiger partial charge on any atom is 0.329 e. The number of aliphatic carboxylic acids is 1. The lowest BCUT2D eigenvalue weighted by atomic mass is 10.1. The van der Waals surface area contributed by atoms with Crippen LogP contribution in [-0.2, 0) is 41.5 Å². The standard InChI is InChI=1S/C17H20Cl2N6O4.C13H15Cl2N5O.C4H7NO4.BH2O/c18-11-3-1-2-10(15(11)19)16-17(21)23-13(24-25-16)5-4-9(26)6-22-14(28)8-29-7-12(20)27;14-9-3-1-2-8(11(9)15)12-13(17)18-10(19-20-12)5-4-7(21)6-16;5-3(6)1-9-2-4(7)8;1-2/h1-3,9,26H,4-8H2,(H2,20,27)(H,22,28)(H2,21,23,24);1-3,7,21H,4-6,16H2,(H2,17,18,19);1-2H2,(H2,5,6)(H,7,8);1-2H/i;;;1T. The third kappa shape index (κ3) is 20.8. The minimum absolute atomic E-state index is 0.00210. The van der Waals surface area contributed by atoms with Crippen LogP contribution < -0.4 is 34.0 Å². The van der Waals surface area contributed by atoms with Crippen LogP contribution in [0.2, 0.25) is 20.1 Å². The minimum Gasteiger partial charge on any atom is -0.480 e. The van der Waals surface area contributed by atoms with Gasteiger partial charge in [-0.15, -0.1) is 20.4 Å². The highest BCUT2D eigenvalue weighted by Gasteiger charge is 2.17. The van der Waals surface area contributed by atoms with Gasteiger partial charge in [0.25, 0.3) is 8.01 Å². The average molecular weight is 935 g/mol. The molecule has 3 amide bonds. The number of benzene rings is 2. The molecule has 0 saturated heterocycles. The summed E-state index contributed by atoms with van der Waals surface area (Å²) in [6.07, 6.45) is 0.0176. The lowest BCUT2D eigenvalue weighted by Gasteiger charge is -2.12. The molecule has 2 unspecified atom stereocenters. The van der Waals surface area contributed by atoms with Gasteiger partial charge in [-0.3, -0.25) is 14.4 Å². The monoisotopic (exact) mass is 933 g/mol. The number of carboxylic acid groups (broad SMARTS) is 1. The van der Waals surface area contributed by atoms with Crippen molar-refractivity contribution in [2.24, 2.45) is 17.2 Å². The van der Waals surface area contributed by atoms with Gasteiger partial charge < -0.3 is 63.8 Å². The molecule has 2 heterocycles. The van der Waals surface area contributed by atoms with Crippen LogP contribution >= 0.6 is 46.4 Å². The number of halogens is 4. The van der Waals surface area contributed by atoms with E-state index < -0.39 is 42.5 Å². The van der Waals surface area contributed by atoms with E-state index in [9.17, 15) is 29.4 Å². The first-order valence-electron chi connectivity index (χ1n) is 17.9. The second-order valence-electron chi connectivity index (χ2n) is 11.9. The first-order valence-corrected chi connectivity index (χ1v) is 18.8. The van der Waals surface area contributed by atoms with Crippen molar-refractivity contribution in [2.75, 3.05) is 51.0 Å². The van der Waals surface area contributed by atoms with Crippen molar-refractivity contribution >= 4 is 89.7 Å². The third-order valence-corrected chi connectivity index (χ3v) is 8.72. The van der Waals surface area contributed by atoms with Crippen LogP contribution in [0, 0.1) is 0 Å². The molecule has 331 valence electrons. The summed E-state index contributed by atoms with van der Waals surface area (Å²) >= 11 is 24.3. The van der Waals surface area contributed by atoms with Crippen LogP contribution in [0.15, 0.2) is 36.4 Å². The maximum atomic E-state index is 11.5. The van der Waals surface area contributed by atoms with Crippen LogP contribution in [0.25, 0.3) is 22.5 Å². The summed E-state index contributed by atoms with van der Waals surface area (Å²) in [5.74, 6) is -1.81. The molecular weight excluding hydrogens is 889 g/mol. The molecule has 0 aliphatic rings. The number of nitrogens with zero attached hydrogens (tertiary/aromatic N) is 6. The Hall–Kier alpha value is -5.08. The maximum absolute atomic E-state index is 11.5. The number of aryl methyl sites for hydroxylation is 2. The number of aliphatic hydroxyl groups is 2. The Morgan fingerprint density at radius 1 is 0.738 bits per heavy atom. The van der Waals surface area contributed by atoms with Crippen LogP contribution in [0.3, 0.4) is 0 Å². The molecule has 0 bridgehead atoms. The zero-order chi connectivity index (χ0) is 46.8. The highest BCUT2D eigenvalue weighted by Crippen LogP contribution is 2.35. The number of carbonyl (C=O) groups excluding carboxylic acids is 3. The van der Waals surface area contributed by atoms with Crippen LogP contribution in [0.4, 0.5) is 11.6 Å². The second kappa shape index (κ2) is 29.2. The van der Waals surface area contributed by atoms with E-state index in [1.54, 1.807) is 36.4 Å². The van der Waals surface area contributed by atoms with E-state index in [2.05, 4.69) is 46.2 Å². The number of aliphatic hydroxyl groups excluding tert-OH is 2. The van der Waals surface area contributed by atoms with Gasteiger partial charge in [0.15, 0.2) is 23.3 Å². The normalized spacial score (nSPS) is 11.4. The van der Waals surface area contributed by atoms with E-state index >= 15 is 0 Å². The molecule has 4 rings (SSSR count). The van der Waals surface area contributed by atoms with Crippen molar-refractivity contribution in [2.45, 2.75) is 37.9 Å². The number of hydrogen-bond acceptors (Lipinski definition) is 18. The average Bonchev–Trinajstić information content (AvgIpc) is 3.21. The molecular formula is C34H44BCl4N12O10. The molecule has 0 saturated carbocycles. The van der Waals surface area contributed by atoms with Gasteiger partial charge in [-0.1, -0.05) is 70.7 Å². The first-order chi connectivity index (χ1) is 29.3. The topological polar surface area (TPSA) is 387 Å². The summed E-state index contributed by atoms with van der Waals surface area (Å²) in [5, 5.41) is 54.5. The largest absolute Gasteiger partial charge is 0.480 e. The van der Waals surface area contributed by atoms with Gasteiger partial charge in [0, 0.05) is 38.4 Å². The van der Waals surface area contributed by atoms with Gasteiger partial charge in [0.1, 0.15) is 37.8 Å². The zero-order valence-electron chi connectivity index (χ0n) is 33.1. The molecule has 27 heteroatoms. The highest BCUT2D eigenvalue weighted by atomic mass is 35.5. The van der Waals surface area contributed by atoms with Gasteiger partial charge >= 0.3 is 5.97 Å². The Labute approximate surface area is 371 Å². The molecule has 4 aromatic rings. The molecule has 1 radical (unpaired) electrons. The van der Waals surface area contributed by atoms with Gasteiger partial charge in [-0.25, -0.2) is 14.8 Å². The predicted molar refractivity (Wildman–Crippen MR) is 227 cm³/mol.